The molecule has 0 spiro atoms. The standard InChI is InChI=1S/C16H34N4O2/c1-11(2)13(17)15(21)19-9-7-5-6-8-10-20-16(22)14(18)12(3)4/h11-14H,5-10,17-18H2,1-4H3,(H,19,21)(H,20,22). The van der Waals surface area contributed by atoms with E-state index in [1.54, 1.807) is 0 Å². The summed E-state index contributed by atoms with van der Waals surface area (Å²) in [4.78, 5) is 23.2. The number of rotatable bonds is 11. The lowest BCUT2D eigenvalue weighted by Crippen LogP contribution is -2.44. The lowest BCUT2D eigenvalue weighted by Gasteiger charge is -2.15. The Balaban J connectivity index is 3.52. The van der Waals surface area contributed by atoms with Crippen molar-refractivity contribution in [3.8, 4) is 0 Å². The van der Waals surface area contributed by atoms with E-state index in [9.17, 15) is 9.59 Å². The van der Waals surface area contributed by atoms with Gasteiger partial charge < -0.3 is 22.1 Å². The van der Waals surface area contributed by atoms with E-state index in [1.165, 1.54) is 0 Å². The zero-order valence-electron chi connectivity index (χ0n) is 14.5. The van der Waals surface area contributed by atoms with Crippen molar-refractivity contribution in [1.29, 1.82) is 0 Å². The smallest absolute Gasteiger partial charge is 0.237 e. The van der Waals surface area contributed by atoms with E-state index < -0.39 is 12.1 Å². The Bertz CT molecular complexity index is 300. The van der Waals surface area contributed by atoms with Crippen LogP contribution in [0.2, 0.25) is 0 Å². The van der Waals surface area contributed by atoms with Gasteiger partial charge >= 0.3 is 0 Å². The molecule has 0 aromatic carbocycles. The van der Waals surface area contributed by atoms with Crippen molar-refractivity contribution in [2.75, 3.05) is 13.1 Å². The predicted molar refractivity (Wildman–Crippen MR) is 90.1 cm³/mol. The molecule has 0 radical (unpaired) electrons. The van der Waals surface area contributed by atoms with Crippen LogP contribution in [0.5, 0.6) is 0 Å². The molecule has 0 heterocycles. The predicted octanol–water partition coefficient (Wildman–Crippen LogP) is 0.746. The van der Waals surface area contributed by atoms with E-state index in [0.29, 0.717) is 13.1 Å². The molecule has 0 saturated carbocycles. The van der Waals surface area contributed by atoms with Crippen LogP contribution in [0, 0.1) is 11.8 Å². The van der Waals surface area contributed by atoms with E-state index in [2.05, 4.69) is 10.6 Å². The summed E-state index contributed by atoms with van der Waals surface area (Å²) < 4.78 is 0. The third-order valence-electron chi connectivity index (χ3n) is 3.74. The normalized spacial score (nSPS) is 14.0. The summed E-state index contributed by atoms with van der Waals surface area (Å²) in [6.45, 7) is 9.05. The molecule has 0 aliphatic rings. The first-order valence-corrected chi connectivity index (χ1v) is 8.34. The van der Waals surface area contributed by atoms with Crippen molar-refractivity contribution in [3.05, 3.63) is 0 Å². The van der Waals surface area contributed by atoms with E-state index in [1.807, 2.05) is 27.7 Å². The van der Waals surface area contributed by atoms with Gasteiger partial charge in [-0.15, -0.1) is 0 Å². The Hall–Kier alpha value is -1.14. The molecule has 0 aliphatic carbocycles. The minimum atomic E-state index is -0.430. The zero-order chi connectivity index (χ0) is 17.1. The van der Waals surface area contributed by atoms with E-state index in [4.69, 9.17) is 11.5 Å². The number of amides is 2. The van der Waals surface area contributed by atoms with Gasteiger partial charge in [-0.25, -0.2) is 0 Å². The molecule has 0 aromatic heterocycles. The van der Waals surface area contributed by atoms with E-state index in [-0.39, 0.29) is 23.7 Å². The first kappa shape index (κ1) is 20.9. The van der Waals surface area contributed by atoms with Crippen molar-refractivity contribution in [1.82, 2.24) is 10.6 Å². The van der Waals surface area contributed by atoms with Crippen LogP contribution in [0.15, 0.2) is 0 Å². The van der Waals surface area contributed by atoms with Crippen molar-refractivity contribution in [2.45, 2.75) is 65.5 Å². The molecule has 2 unspecified atom stereocenters. The Labute approximate surface area is 134 Å². The summed E-state index contributed by atoms with van der Waals surface area (Å²) in [5.74, 6) is 0.150. The van der Waals surface area contributed by atoms with Gasteiger partial charge in [-0.2, -0.15) is 0 Å². The maximum Gasteiger partial charge on any atom is 0.237 e. The molecule has 2 atom stereocenters. The van der Waals surface area contributed by atoms with E-state index in [0.717, 1.165) is 25.7 Å². The third-order valence-corrected chi connectivity index (χ3v) is 3.74. The minimum absolute atomic E-state index is 0.0788. The first-order valence-electron chi connectivity index (χ1n) is 8.34. The van der Waals surface area contributed by atoms with E-state index >= 15 is 0 Å². The maximum atomic E-state index is 11.6. The fourth-order valence-electron chi connectivity index (χ4n) is 1.87. The number of nitrogens with one attached hydrogen (secondary N) is 2. The largest absolute Gasteiger partial charge is 0.355 e. The molecular weight excluding hydrogens is 280 g/mol. The summed E-state index contributed by atoms with van der Waals surface area (Å²) >= 11 is 0. The first-order chi connectivity index (χ1) is 10.3. The van der Waals surface area contributed by atoms with Crippen molar-refractivity contribution < 1.29 is 9.59 Å². The summed E-state index contributed by atoms with van der Waals surface area (Å²) in [5, 5.41) is 5.70. The van der Waals surface area contributed by atoms with Crippen LogP contribution in [0.25, 0.3) is 0 Å². The van der Waals surface area contributed by atoms with Gasteiger partial charge in [0.2, 0.25) is 11.8 Å². The number of nitrogens with two attached hydrogens (primary N) is 2. The van der Waals surface area contributed by atoms with Gasteiger partial charge in [0.05, 0.1) is 12.1 Å². The molecule has 0 saturated heterocycles. The highest BCUT2D eigenvalue weighted by atomic mass is 16.2. The van der Waals surface area contributed by atoms with Gasteiger partial charge in [0.1, 0.15) is 0 Å². The molecule has 6 nitrogen and oxygen atoms in total. The molecule has 6 N–H and O–H groups in total. The van der Waals surface area contributed by atoms with Crippen LogP contribution in [-0.4, -0.2) is 37.0 Å². The summed E-state index contributed by atoms with van der Waals surface area (Å²) in [6, 6.07) is -0.860. The number of hydrogen-bond donors (Lipinski definition) is 4. The Morgan fingerprint density at radius 3 is 1.32 bits per heavy atom. The second-order valence-electron chi connectivity index (χ2n) is 6.54. The average Bonchev–Trinajstić information content (AvgIpc) is 2.47. The topological polar surface area (TPSA) is 110 Å². The molecule has 0 fully saturated rings. The van der Waals surface area contributed by atoms with Crippen LogP contribution in [0.4, 0.5) is 0 Å². The number of unbranched alkanes of at least 4 members (excludes halogenated alkanes) is 3. The molecule has 0 aromatic rings. The second-order valence-corrected chi connectivity index (χ2v) is 6.54. The monoisotopic (exact) mass is 314 g/mol. The van der Waals surface area contributed by atoms with Crippen molar-refractivity contribution in [2.24, 2.45) is 23.3 Å². The average molecular weight is 314 g/mol. The van der Waals surface area contributed by atoms with Gasteiger partial charge in [0.25, 0.3) is 0 Å². The number of hydrogen-bond acceptors (Lipinski definition) is 4. The summed E-state index contributed by atoms with van der Waals surface area (Å²) in [5.41, 5.74) is 11.5. The maximum absolute atomic E-state index is 11.6. The van der Waals surface area contributed by atoms with Crippen LogP contribution in [0.3, 0.4) is 0 Å². The van der Waals surface area contributed by atoms with Crippen molar-refractivity contribution >= 4 is 11.8 Å². The lowest BCUT2D eigenvalue weighted by molar-refractivity contribution is -0.124. The van der Waals surface area contributed by atoms with Crippen LogP contribution in [-0.2, 0) is 9.59 Å². The second kappa shape index (κ2) is 11.4. The highest BCUT2D eigenvalue weighted by Crippen LogP contribution is 2.01. The molecule has 0 aliphatic heterocycles. The third kappa shape index (κ3) is 9.00. The SMILES string of the molecule is CC(C)C(N)C(=O)NCCCCCCNC(=O)C(N)C(C)C. The Morgan fingerprint density at radius 2 is 1.05 bits per heavy atom. The lowest BCUT2D eigenvalue weighted by atomic mass is 10.0. The van der Waals surface area contributed by atoms with Gasteiger partial charge in [-0.05, 0) is 24.7 Å². The van der Waals surface area contributed by atoms with Crippen LogP contribution < -0.4 is 22.1 Å². The number of carbonyl (C=O) groups is 2. The van der Waals surface area contributed by atoms with Crippen LogP contribution >= 0.6 is 0 Å². The molecule has 22 heavy (non-hydrogen) atoms. The molecule has 2 amide bonds. The quantitative estimate of drug-likeness (QED) is 0.422. The van der Waals surface area contributed by atoms with Gasteiger partial charge in [0, 0.05) is 13.1 Å². The molecule has 0 bridgehead atoms. The zero-order valence-corrected chi connectivity index (χ0v) is 14.5. The highest BCUT2D eigenvalue weighted by Gasteiger charge is 2.16. The molecular formula is C16H34N4O2. The van der Waals surface area contributed by atoms with Gasteiger partial charge in [-0.3, -0.25) is 9.59 Å². The Kier molecular flexibility index (Phi) is 10.8. The fourth-order valence-corrected chi connectivity index (χ4v) is 1.87. The molecule has 130 valence electrons. The van der Waals surface area contributed by atoms with Gasteiger partial charge in [-0.1, -0.05) is 40.5 Å². The number of carbonyl (C=O) groups excluding carboxylic acids is 2. The Morgan fingerprint density at radius 1 is 0.727 bits per heavy atom. The minimum Gasteiger partial charge on any atom is -0.355 e. The molecule has 6 heteroatoms. The summed E-state index contributed by atoms with van der Waals surface area (Å²) in [6.07, 6.45) is 3.89. The van der Waals surface area contributed by atoms with Crippen molar-refractivity contribution in [3.63, 3.8) is 0 Å². The summed E-state index contributed by atoms with van der Waals surface area (Å²) in [7, 11) is 0. The fraction of sp³-hybridized carbons (Fsp3) is 0.875. The van der Waals surface area contributed by atoms with Gasteiger partial charge in [0.15, 0.2) is 0 Å². The molecule has 0 rings (SSSR count). The highest BCUT2D eigenvalue weighted by molar-refractivity contribution is 5.82. The van der Waals surface area contributed by atoms with Crippen LogP contribution in [0.1, 0.15) is 53.4 Å².